The molecule has 0 saturated heterocycles. The number of anilines is 1. The Morgan fingerprint density at radius 3 is 2.48 bits per heavy atom. The molecule has 0 radical (unpaired) electrons. The third kappa shape index (κ3) is 3.05. The van der Waals surface area contributed by atoms with Crippen molar-refractivity contribution in [1.82, 2.24) is 4.68 Å². The number of halogens is 1. The molecule has 1 aromatic heterocycles. The Balaban J connectivity index is 1.84. The molecular weight excluding hydrogens is 301 g/mol. The monoisotopic (exact) mass is 315 g/mol. The maximum Gasteiger partial charge on any atom is 0.286 e. The molecule has 2 amide bonds. The average Bonchev–Trinajstić information content (AvgIpc) is 3.17. The lowest BCUT2D eigenvalue weighted by Gasteiger charge is -2.20. The van der Waals surface area contributed by atoms with E-state index in [1.54, 1.807) is 24.5 Å². The molecule has 0 aliphatic carbocycles. The first-order chi connectivity index (χ1) is 11.0. The number of hydrazone groups is 1. The minimum Gasteiger partial charge on any atom is -0.368 e. The minimum absolute atomic E-state index is 0.0831. The first-order valence-electron chi connectivity index (χ1n) is 6.90. The van der Waals surface area contributed by atoms with E-state index < -0.39 is 23.7 Å². The van der Waals surface area contributed by atoms with Crippen LogP contribution in [0.15, 0.2) is 53.9 Å². The van der Waals surface area contributed by atoms with E-state index in [0.717, 1.165) is 0 Å². The lowest BCUT2D eigenvalue weighted by atomic mass is 10.1. The number of nitrogens with two attached hydrogens (primary N) is 1. The second kappa shape index (κ2) is 5.91. The lowest BCUT2D eigenvalue weighted by molar-refractivity contribution is -0.119. The van der Waals surface area contributed by atoms with Gasteiger partial charge in [0, 0.05) is 18.8 Å². The molecule has 1 aliphatic rings. The molecule has 23 heavy (non-hydrogen) atoms. The van der Waals surface area contributed by atoms with Crippen molar-refractivity contribution in [3.05, 3.63) is 54.6 Å². The van der Waals surface area contributed by atoms with Crippen molar-refractivity contribution in [2.75, 3.05) is 10.4 Å². The number of carbonyl (C=O) groups is 2. The van der Waals surface area contributed by atoms with Crippen molar-refractivity contribution in [3.8, 4) is 0 Å². The summed E-state index contributed by atoms with van der Waals surface area (Å²) >= 11 is 0. The van der Waals surface area contributed by atoms with E-state index in [1.807, 2.05) is 0 Å². The Morgan fingerprint density at radius 2 is 1.87 bits per heavy atom. The highest BCUT2D eigenvalue weighted by molar-refractivity contribution is 6.43. The number of aromatic nitrogens is 1. The van der Waals surface area contributed by atoms with Crippen molar-refractivity contribution >= 4 is 23.2 Å². The van der Waals surface area contributed by atoms with Gasteiger partial charge < -0.3 is 5.73 Å². The topological polar surface area (TPSA) is 92.7 Å². The van der Waals surface area contributed by atoms with E-state index in [4.69, 9.17) is 5.73 Å². The molecule has 1 aromatic carbocycles. The highest BCUT2D eigenvalue weighted by Gasteiger charge is 2.35. The van der Waals surface area contributed by atoms with E-state index in [9.17, 15) is 14.0 Å². The van der Waals surface area contributed by atoms with Gasteiger partial charge >= 0.3 is 0 Å². The van der Waals surface area contributed by atoms with Gasteiger partial charge in [-0.1, -0.05) is 0 Å². The van der Waals surface area contributed by atoms with Crippen LogP contribution in [0.4, 0.5) is 10.1 Å². The van der Waals surface area contributed by atoms with Crippen molar-refractivity contribution in [2.24, 2.45) is 10.8 Å². The molecule has 0 spiro atoms. The summed E-state index contributed by atoms with van der Waals surface area (Å²) in [6, 6.07) is 8.18. The van der Waals surface area contributed by atoms with Crippen LogP contribution in [-0.4, -0.2) is 28.2 Å². The van der Waals surface area contributed by atoms with Crippen LogP contribution < -0.4 is 16.2 Å². The van der Waals surface area contributed by atoms with Crippen LogP contribution >= 0.6 is 0 Å². The molecule has 7 nitrogen and oxygen atoms in total. The quantitative estimate of drug-likeness (QED) is 0.874. The summed E-state index contributed by atoms with van der Waals surface area (Å²) in [6.07, 6.45) is 3.41. The van der Waals surface area contributed by atoms with E-state index in [0.29, 0.717) is 5.69 Å². The zero-order chi connectivity index (χ0) is 16.4. The van der Waals surface area contributed by atoms with Crippen molar-refractivity contribution in [2.45, 2.75) is 12.5 Å². The number of primary amides is 1. The van der Waals surface area contributed by atoms with Crippen LogP contribution in [0.5, 0.6) is 0 Å². The molecule has 0 fully saturated rings. The number of amides is 2. The average molecular weight is 315 g/mol. The molecule has 0 unspecified atom stereocenters. The van der Waals surface area contributed by atoms with Crippen molar-refractivity contribution in [1.29, 1.82) is 0 Å². The van der Waals surface area contributed by atoms with E-state index in [2.05, 4.69) is 10.5 Å². The Labute approximate surface area is 131 Å². The third-order valence-corrected chi connectivity index (χ3v) is 3.43. The van der Waals surface area contributed by atoms with Gasteiger partial charge in [-0.25, -0.2) is 4.39 Å². The van der Waals surface area contributed by atoms with Crippen molar-refractivity contribution < 1.29 is 14.0 Å². The summed E-state index contributed by atoms with van der Waals surface area (Å²) in [5, 5.41) is 5.51. The number of carbonyl (C=O) groups excluding carboxylic acids is 2. The van der Waals surface area contributed by atoms with E-state index in [1.165, 1.54) is 34.0 Å². The Hall–Kier alpha value is -3.16. The van der Waals surface area contributed by atoms with Gasteiger partial charge in [0.25, 0.3) is 5.91 Å². The van der Waals surface area contributed by atoms with Gasteiger partial charge in [0.2, 0.25) is 5.91 Å². The second-order valence-electron chi connectivity index (χ2n) is 5.02. The highest BCUT2D eigenvalue weighted by Crippen LogP contribution is 2.24. The van der Waals surface area contributed by atoms with E-state index in [-0.39, 0.29) is 12.1 Å². The molecule has 0 saturated carbocycles. The smallest absolute Gasteiger partial charge is 0.286 e. The fourth-order valence-electron chi connectivity index (χ4n) is 2.29. The number of benzene rings is 1. The summed E-state index contributed by atoms with van der Waals surface area (Å²) in [5.41, 5.74) is 8.66. The van der Waals surface area contributed by atoms with Crippen LogP contribution in [0.25, 0.3) is 0 Å². The molecule has 8 heteroatoms. The number of nitrogens with one attached hydrogen (secondary N) is 1. The molecule has 118 valence electrons. The molecule has 1 atom stereocenters. The predicted molar refractivity (Wildman–Crippen MR) is 82.7 cm³/mol. The molecule has 1 aliphatic heterocycles. The second-order valence-corrected chi connectivity index (χ2v) is 5.02. The van der Waals surface area contributed by atoms with Gasteiger partial charge in [-0.2, -0.15) is 5.10 Å². The minimum atomic E-state index is -0.786. The molecular formula is C15H14FN5O2. The summed E-state index contributed by atoms with van der Waals surface area (Å²) < 4.78 is 14.5. The van der Waals surface area contributed by atoms with Crippen LogP contribution in [0.3, 0.4) is 0 Å². The maximum absolute atomic E-state index is 13.0. The molecule has 3 N–H and O–H groups in total. The Bertz CT molecular complexity index is 755. The molecule has 2 heterocycles. The zero-order valence-electron chi connectivity index (χ0n) is 12.0. The van der Waals surface area contributed by atoms with Crippen LogP contribution in [-0.2, 0) is 9.59 Å². The first-order valence-corrected chi connectivity index (χ1v) is 6.90. The maximum atomic E-state index is 13.0. The highest BCUT2D eigenvalue weighted by atomic mass is 19.1. The normalized spacial score (nSPS) is 17.0. The fraction of sp³-hybridized carbons (Fsp3) is 0.133. The molecule has 0 bridgehead atoms. The number of hydrogen-bond donors (Lipinski definition) is 2. The van der Waals surface area contributed by atoms with Gasteiger partial charge in [0.05, 0.1) is 5.69 Å². The van der Waals surface area contributed by atoms with Gasteiger partial charge in [0.1, 0.15) is 17.6 Å². The third-order valence-electron chi connectivity index (χ3n) is 3.43. The summed E-state index contributed by atoms with van der Waals surface area (Å²) in [4.78, 5) is 23.8. The van der Waals surface area contributed by atoms with Crippen molar-refractivity contribution in [3.63, 3.8) is 0 Å². The number of nitrogens with zero attached hydrogens (tertiary/aromatic N) is 3. The van der Waals surface area contributed by atoms with Gasteiger partial charge in [-0.05, 0) is 36.4 Å². The lowest BCUT2D eigenvalue weighted by Crippen LogP contribution is -2.39. The van der Waals surface area contributed by atoms with Gasteiger partial charge in [0.15, 0.2) is 0 Å². The number of rotatable bonds is 4. The molecule has 3 rings (SSSR count). The standard InChI is InChI=1S/C15H14FN5O2/c16-10-3-5-11(6-4-10)21-13(14(17)22)9-12(18-21)15(23)19-20-7-1-2-8-20/h1-8,13H,9H2,(H2,17,22)(H,19,23)/t13-/m0/s1. The summed E-state index contributed by atoms with van der Waals surface area (Å²) in [6.45, 7) is 0. The SMILES string of the molecule is NC(=O)[C@@H]1CC(C(=O)Nn2cccc2)=NN1c1ccc(F)cc1. The van der Waals surface area contributed by atoms with E-state index >= 15 is 0 Å². The molecule has 2 aromatic rings. The summed E-state index contributed by atoms with van der Waals surface area (Å²) in [7, 11) is 0. The Morgan fingerprint density at radius 1 is 1.22 bits per heavy atom. The van der Waals surface area contributed by atoms with Gasteiger partial charge in [-0.3, -0.25) is 24.7 Å². The summed E-state index contributed by atoms with van der Waals surface area (Å²) in [5.74, 6) is -1.45. The van der Waals surface area contributed by atoms with Crippen LogP contribution in [0.1, 0.15) is 6.42 Å². The number of hydrogen-bond acceptors (Lipinski definition) is 4. The zero-order valence-corrected chi connectivity index (χ0v) is 12.0. The Kier molecular flexibility index (Phi) is 3.80. The van der Waals surface area contributed by atoms with Crippen LogP contribution in [0.2, 0.25) is 0 Å². The van der Waals surface area contributed by atoms with Crippen LogP contribution in [0, 0.1) is 5.82 Å². The largest absolute Gasteiger partial charge is 0.368 e. The van der Waals surface area contributed by atoms with Gasteiger partial charge in [-0.15, -0.1) is 0 Å². The fourth-order valence-corrected chi connectivity index (χ4v) is 2.29. The predicted octanol–water partition coefficient (Wildman–Crippen LogP) is 0.818. The first kappa shape index (κ1) is 14.8.